The van der Waals surface area contributed by atoms with Gasteiger partial charge >= 0.3 is 5.97 Å². The highest BCUT2D eigenvalue weighted by Crippen LogP contribution is 2.27. The molecule has 0 saturated carbocycles. The number of imide groups is 1. The monoisotopic (exact) mass is 422 g/mol. The second kappa shape index (κ2) is 8.71. The van der Waals surface area contributed by atoms with Gasteiger partial charge in [-0.2, -0.15) is 0 Å². The highest BCUT2D eigenvalue weighted by molar-refractivity contribution is 6.22. The van der Waals surface area contributed by atoms with Gasteiger partial charge < -0.3 is 10.1 Å². The van der Waals surface area contributed by atoms with Crippen LogP contribution in [0.25, 0.3) is 0 Å². The predicted molar refractivity (Wildman–Crippen MR) is 116 cm³/mol. The molecule has 0 fully saturated rings. The molecule has 1 heterocycles. The first-order valence-electron chi connectivity index (χ1n) is 10.3. The van der Waals surface area contributed by atoms with E-state index in [9.17, 15) is 19.2 Å². The van der Waals surface area contributed by atoms with Gasteiger partial charge in [0.05, 0.1) is 16.7 Å². The Morgan fingerprint density at radius 3 is 2.39 bits per heavy atom. The lowest BCUT2D eigenvalue weighted by molar-refractivity contribution is -0.123. The van der Waals surface area contributed by atoms with Gasteiger partial charge in [0.25, 0.3) is 17.7 Å². The quantitative estimate of drug-likeness (QED) is 0.563. The normalized spacial score (nSPS) is 14.8. The summed E-state index contributed by atoms with van der Waals surface area (Å²) >= 11 is 0. The minimum Gasteiger partial charge on any atom is -0.449 e. The Hall–Kier alpha value is -3.48. The van der Waals surface area contributed by atoms with Gasteiger partial charge in [-0.15, -0.1) is 0 Å². The van der Waals surface area contributed by atoms with Gasteiger partial charge in [-0.05, 0) is 69.5 Å². The summed E-state index contributed by atoms with van der Waals surface area (Å²) in [4.78, 5) is 51.5. The van der Waals surface area contributed by atoms with Crippen molar-refractivity contribution in [1.82, 2.24) is 4.90 Å². The van der Waals surface area contributed by atoms with Gasteiger partial charge in [-0.1, -0.05) is 19.1 Å². The topological polar surface area (TPSA) is 92.8 Å². The predicted octanol–water partition coefficient (Wildman–Crippen LogP) is 3.88. The fourth-order valence-electron chi connectivity index (χ4n) is 3.37. The number of anilines is 1. The molecule has 0 radical (unpaired) electrons. The van der Waals surface area contributed by atoms with Crippen molar-refractivity contribution in [1.29, 1.82) is 0 Å². The fraction of sp³-hybridized carbons (Fsp3) is 0.333. The van der Waals surface area contributed by atoms with Gasteiger partial charge in [-0.25, -0.2) is 4.79 Å². The Morgan fingerprint density at radius 1 is 1.03 bits per heavy atom. The molecule has 1 N–H and O–H groups in total. The van der Waals surface area contributed by atoms with E-state index in [4.69, 9.17) is 4.74 Å². The molecule has 7 heteroatoms. The summed E-state index contributed by atoms with van der Waals surface area (Å²) in [6.07, 6.45) is -0.414. The summed E-state index contributed by atoms with van der Waals surface area (Å²) in [5.41, 5.74) is 3.17. The van der Waals surface area contributed by atoms with E-state index in [1.54, 1.807) is 13.0 Å². The lowest BCUT2D eigenvalue weighted by atomic mass is 10.1. The third-order valence-electron chi connectivity index (χ3n) is 5.70. The number of nitrogens with zero attached hydrogens (tertiary/aromatic N) is 1. The van der Waals surface area contributed by atoms with Crippen molar-refractivity contribution in [3.8, 4) is 0 Å². The van der Waals surface area contributed by atoms with Crippen LogP contribution in [-0.2, 0) is 9.53 Å². The second-order valence-electron chi connectivity index (χ2n) is 7.78. The van der Waals surface area contributed by atoms with E-state index in [1.165, 1.54) is 30.0 Å². The highest BCUT2D eigenvalue weighted by atomic mass is 16.5. The molecule has 2 aromatic rings. The number of carbonyl (C=O) groups excluding carboxylic acids is 4. The highest BCUT2D eigenvalue weighted by Gasteiger charge is 2.38. The van der Waals surface area contributed by atoms with Crippen LogP contribution >= 0.6 is 0 Å². The number of nitrogens with one attached hydrogen (secondary N) is 1. The largest absolute Gasteiger partial charge is 0.449 e. The molecule has 31 heavy (non-hydrogen) atoms. The van der Waals surface area contributed by atoms with E-state index in [0.717, 1.165) is 11.1 Å². The molecule has 2 atom stereocenters. The van der Waals surface area contributed by atoms with Crippen molar-refractivity contribution in [2.75, 3.05) is 5.32 Å². The van der Waals surface area contributed by atoms with E-state index in [-0.39, 0.29) is 28.6 Å². The molecule has 0 aromatic heterocycles. The maximum atomic E-state index is 12.7. The van der Waals surface area contributed by atoms with Gasteiger partial charge in [0.1, 0.15) is 0 Å². The standard InChI is InChI=1S/C24H26N2O5/c1-6-14(3)26-22(28)18-11-10-17(12-19(18)23(26)29)24(30)31-16(5)21(27)25-20-9-7-8-13(2)15(20)4/h7-12,14,16H,6H2,1-5H3,(H,25,27)/t14-,16+/m1/s1. The minimum atomic E-state index is -1.05. The van der Waals surface area contributed by atoms with Gasteiger partial charge in [-0.3, -0.25) is 19.3 Å². The van der Waals surface area contributed by atoms with Gasteiger partial charge in [0, 0.05) is 11.7 Å². The minimum absolute atomic E-state index is 0.109. The maximum Gasteiger partial charge on any atom is 0.338 e. The van der Waals surface area contributed by atoms with Crippen LogP contribution in [0, 0.1) is 13.8 Å². The molecule has 0 unspecified atom stereocenters. The first kappa shape index (κ1) is 22.2. The van der Waals surface area contributed by atoms with Crippen LogP contribution in [0.1, 0.15) is 69.4 Å². The molecule has 2 aromatic carbocycles. The van der Waals surface area contributed by atoms with Crippen LogP contribution in [0.2, 0.25) is 0 Å². The zero-order chi connectivity index (χ0) is 22.9. The van der Waals surface area contributed by atoms with E-state index in [2.05, 4.69) is 5.32 Å². The molecule has 7 nitrogen and oxygen atoms in total. The summed E-state index contributed by atoms with van der Waals surface area (Å²) < 4.78 is 5.30. The molecule has 0 aliphatic carbocycles. The molecule has 3 rings (SSSR count). The lowest BCUT2D eigenvalue weighted by Crippen LogP contribution is -2.37. The van der Waals surface area contributed by atoms with Gasteiger partial charge in [0.15, 0.2) is 6.10 Å². The Bertz CT molecular complexity index is 1080. The zero-order valence-electron chi connectivity index (χ0n) is 18.3. The summed E-state index contributed by atoms with van der Waals surface area (Å²) in [7, 11) is 0. The van der Waals surface area contributed by atoms with Crippen molar-refractivity contribution in [3.05, 3.63) is 64.2 Å². The third-order valence-corrected chi connectivity index (χ3v) is 5.70. The van der Waals surface area contributed by atoms with Crippen molar-refractivity contribution in [2.45, 2.75) is 53.2 Å². The molecular formula is C24H26N2O5. The van der Waals surface area contributed by atoms with E-state index >= 15 is 0 Å². The number of hydrogen-bond acceptors (Lipinski definition) is 5. The van der Waals surface area contributed by atoms with Crippen molar-refractivity contribution in [3.63, 3.8) is 0 Å². The van der Waals surface area contributed by atoms with E-state index in [0.29, 0.717) is 12.1 Å². The average Bonchev–Trinajstić information content (AvgIpc) is 3.00. The summed E-state index contributed by atoms with van der Waals surface area (Å²) in [6, 6.07) is 9.56. The number of fused-ring (bicyclic) bond motifs is 1. The number of esters is 1. The van der Waals surface area contributed by atoms with Crippen molar-refractivity contribution >= 4 is 29.4 Å². The average molecular weight is 422 g/mol. The Morgan fingerprint density at radius 2 is 1.71 bits per heavy atom. The number of aryl methyl sites for hydroxylation is 1. The number of hydrogen-bond donors (Lipinski definition) is 1. The molecule has 0 saturated heterocycles. The van der Waals surface area contributed by atoms with Gasteiger partial charge in [0.2, 0.25) is 0 Å². The van der Waals surface area contributed by atoms with Crippen LogP contribution in [0.4, 0.5) is 5.69 Å². The molecule has 0 spiro atoms. The second-order valence-corrected chi connectivity index (χ2v) is 7.78. The zero-order valence-corrected chi connectivity index (χ0v) is 18.3. The smallest absolute Gasteiger partial charge is 0.338 e. The molecule has 3 amide bonds. The molecule has 0 bridgehead atoms. The number of carbonyl (C=O) groups is 4. The molecule has 1 aliphatic heterocycles. The third kappa shape index (κ3) is 4.21. The number of rotatable bonds is 6. The molecule has 1 aliphatic rings. The molecule has 162 valence electrons. The summed E-state index contributed by atoms with van der Waals surface area (Å²) in [5.74, 6) is -1.99. The van der Waals surface area contributed by atoms with Crippen molar-refractivity contribution < 1.29 is 23.9 Å². The number of benzene rings is 2. The summed E-state index contributed by atoms with van der Waals surface area (Å²) in [5, 5.41) is 2.77. The lowest BCUT2D eigenvalue weighted by Gasteiger charge is -2.20. The number of amides is 3. The Labute approximate surface area is 181 Å². The van der Waals surface area contributed by atoms with Crippen LogP contribution in [0.3, 0.4) is 0 Å². The fourth-order valence-corrected chi connectivity index (χ4v) is 3.37. The molecular weight excluding hydrogens is 396 g/mol. The maximum absolute atomic E-state index is 12.7. The van der Waals surface area contributed by atoms with Crippen LogP contribution in [0.15, 0.2) is 36.4 Å². The SMILES string of the molecule is CC[C@@H](C)N1C(=O)c2ccc(C(=O)O[C@@H](C)C(=O)Nc3cccc(C)c3C)cc2C1=O. The first-order chi connectivity index (χ1) is 14.6. The van der Waals surface area contributed by atoms with Crippen LogP contribution < -0.4 is 5.32 Å². The Kier molecular flexibility index (Phi) is 6.24. The Balaban J connectivity index is 1.72. The van der Waals surface area contributed by atoms with Crippen LogP contribution in [0.5, 0.6) is 0 Å². The number of ether oxygens (including phenoxy) is 1. The van der Waals surface area contributed by atoms with Crippen molar-refractivity contribution in [2.24, 2.45) is 0 Å². The van der Waals surface area contributed by atoms with E-state index in [1.807, 2.05) is 32.9 Å². The van der Waals surface area contributed by atoms with Crippen LogP contribution in [-0.4, -0.2) is 40.7 Å². The summed E-state index contributed by atoms with van der Waals surface area (Å²) in [6.45, 7) is 9.00. The van der Waals surface area contributed by atoms with E-state index < -0.39 is 23.9 Å². The first-order valence-corrected chi connectivity index (χ1v) is 10.3.